The molecule has 0 aliphatic heterocycles. The molecule has 0 fully saturated rings. The van der Waals surface area contributed by atoms with Gasteiger partial charge in [-0.1, -0.05) is 0 Å². The predicted molar refractivity (Wildman–Crippen MR) is 39.8 cm³/mol. The van der Waals surface area contributed by atoms with Crippen molar-refractivity contribution in [2.24, 2.45) is 0 Å². The minimum absolute atomic E-state index is 0. The fourth-order valence-electron chi connectivity index (χ4n) is 0. The average molecular weight is 187 g/mol. The zero-order chi connectivity index (χ0) is 7.21. The van der Waals surface area contributed by atoms with E-state index in [1.807, 2.05) is 0 Å². The number of nitriles is 1. The van der Waals surface area contributed by atoms with E-state index in [1.54, 1.807) is 6.07 Å². The van der Waals surface area contributed by atoms with E-state index in [9.17, 15) is 0 Å². The summed E-state index contributed by atoms with van der Waals surface area (Å²) in [4.78, 5) is 21.6. The van der Waals surface area contributed by atoms with Crippen LogP contribution in [-0.4, -0.2) is 73.8 Å². The first-order valence-corrected chi connectivity index (χ1v) is 3.07. The maximum absolute atomic E-state index is 8.88. The number of hydrogen-bond donors (Lipinski definition) is 3. The summed E-state index contributed by atoms with van der Waals surface area (Å²) in [5, 5.41) is 7.32. The van der Waals surface area contributed by atoms with Gasteiger partial charge in [-0.05, 0) is 0 Å². The van der Waals surface area contributed by atoms with Crippen molar-refractivity contribution in [1.82, 2.24) is 0 Å². The van der Waals surface area contributed by atoms with Gasteiger partial charge in [-0.15, -0.1) is 0 Å². The van der Waals surface area contributed by atoms with E-state index >= 15 is 0 Å². The molecule has 0 aromatic rings. The quantitative estimate of drug-likeness (QED) is 0.310. The molecular weight excluding hydrogens is 179 g/mol. The van der Waals surface area contributed by atoms with Gasteiger partial charge in [0.25, 0.3) is 0 Å². The summed E-state index contributed by atoms with van der Waals surface area (Å²) in [6.45, 7) is 1.43. The van der Waals surface area contributed by atoms with Gasteiger partial charge in [-0.2, -0.15) is 5.26 Å². The summed E-state index contributed by atoms with van der Waals surface area (Å²) >= 11 is 0. The summed E-state index contributed by atoms with van der Waals surface area (Å²) in [7, 11) is -4.64. The summed E-state index contributed by atoms with van der Waals surface area (Å²) in [5.74, 6) is 0. The van der Waals surface area contributed by atoms with Crippen LogP contribution < -0.4 is 0 Å². The normalized spacial score (nSPS) is 6.70. The van der Waals surface area contributed by atoms with E-state index < -0.39 is 7.82 Å². The minimum atomic E-state index is -4.64. The first kappa shape index (κ1) is 22.6. The van der Waals surface area contributed by atoms with E-state index in [4.69, 9.17) is 24.5 Å². The third kappa shape index (κ3) is 277. The third-order valence-electron chi connectivity index (χ3n) is 0. The molecule has 0 aromatic carbocycles. The Morgan fingerprint density at radius 1 is 1.30 bits per heavy atom. The second-order valence-electron chi connectivity index (χ2n) is 0.737. The molecule has 0 radical (unpaired) electrons. The molecule has 0 saturated carbocycles. The number of rotatable bonds is 0. The zero-order valence-corrected chi connectivity index (χ0v) is 5.04. The molecule has 52 valence electrons. The van der Waals surface area contributed by atoms with Crippen molar-refractivity contribution in [1.29, 1.82) is 5.26 Å². The van der Waals surface area contributed by atoms with Gasteiger partial charge in [0.2, 0.25) is 0 Å². The Labute approximate surface area is 103 Å². The van der Waals surface area contributed by atoms with Gasteiger partial charge in [-0.3, -0.25) is 0 Å². The zero-order valence-electron chi connectivity index (χ0n) is 4.14. The monoisotopic (exact) mass is 187 g/mol. The maximum atomic E-state index is 8.88. The Kier molecular flexibility index (Phi) is 29.8. The Morgan fingerprint density at radius 2 is 1.30 bits per heavy atom. The second kappa shape index (κ2) is 13.2. The van der Waals surface area contributed by atoms with Crippen molar-refractivity contribution in [2.75, 3.05) is 0 Å². The number of nitrogens with zero attached hydrogens (tertiary/aromatic N) is 1. The Balaban J connectivity index is -0.0000000326. The predicted octanol–water partition coefficient (Wildman–Crippen LogP) is -1.70. The van der Waals surface area contributed by atoms with Gasteiger partial charge in [0, 0.05) is 6.92 Å². The molecule has 0 spiro atoms. The van der Waals surface area contributed by atoms with Crippen LogP contribution in [-0.2, 0) is 4.57 Å². The number of hydrogen-bond acceptors (Lipinski definition) is 2. The second-order valence-corrected chi connectivity index (χ2v) is 1.76. The topological polar surface area (TPSA) is 102 Å². The van der Waals surface area contributed by atoms with Gasteiger partial charge in [0.1, 0.15) is 0 Å². The number of phosphoric acid groups is 1. The van der Waals surface area contributed by atoms with Crippen LogP contribution in [0.5, 0.6) is 0 Å². The molecule has 8 heteroatoms. The Bertz CT molecular complexity index is 119. The molecule has 10 heavy (non-hydrogen) atoms. The van der Waals surface area contributed by atoms with Crippen molar-refractivity contribution in [3.8, 4) is 6.07 Å². The Hall–Kier alpha value is 1.60. The molecule has 0 unspecified atom stereocenters. The molecule has 0 aliphatic rings. The van der Waals surface area contributed by atoms with Crippen LogP contribution in [0.25, 0.3) is 0 Å². The molecule has 0 aromatic heterocycles. The van der Waals surface area contributed by atoms with Crippen LogP contribution >= 0.6 is 7.82 Å². The summed E-state index contributed by atoms with van der Waals surface area (Å²) < 4.78 is 8.88. The van der Waals surface area contributed by atoms with Crippen LogP contribution in [0.1, 0.15) is 6.92 Å². The van der Waals surface area contributed by atoms with Gasteiger partial charge < -0.3 is 14.7 Å². The van der Waals surface area contributed by atoms with Crippen LogP contribution in [0.15, 0.2) is 0 Å². The standard InChI is InChI=1S/C2H3N.2Na.H3O4P.2H/c1-2-3;;;1-5(2,3)4;;/h1H3;;;(H3,1,2,3,4);;. The molecule has 0 bridgehead atoms. The van der Waals surface area contributed by atoms with Gasteiger partial charge in [0.15, 0.2) is 0 Å². The molecule has 0 rings (SSSR count). The van der Waals surface area contributed by atoms with E-state index in [0.29, 0.717) is 0 Å². The van der Waals surface area contributed by atoms with Crippen molar-refractivity contribution in [3.63, 3.8) is 0 Å². The van der Waals surface area contributed by atoms with Gasteiger partial charge >= 0.3 is 66.9 Å². The SMILES string of the molecule is CC#N.O=P(O)(O)O.[NaH].[NaH]. The van der Waals surface area contributed by atoms with Crippen LogP contribution in [0.3, 0.4) is 0 Å². The molecule has 0 atom stereocenters. The summed E-state index contributed by atoms with van der Waals surface area (Å²) in [6, 6.07) is 1.75. The van der Waals surface area contributed by atoms with Crippen molar-refractivity contribution in [3.05, 3.63) is 0 Å². The van der Waals surface area contributed by atoms with E-state index in [1.165, 1.54) is 6.92 Å². The Morgan fingerprint density at radius 3 is 1.30 bits per heavy atom. The van der Waals surface area contributed by atoms with E-state index in [-0.39, 0.29) is 59.1 Å². The molecule has 0 heterocycles. The molecule has 0 amide bonds. The first-order chi connectivity index (χ1) is 3.41. The average Bonchev–Trinajstić information content (AvgIpc) is 1.27. The van der Waals surface area contributed by atoms with E-state index in [0.717, 1.165) is 0 Å². The van der Waals surface area contributed by atoms with Crippen molar-refractivity contribution < 1.29 is 19.2 Å². The summed E-state index contributed by atoms with van der Waals surface area (Å²) in [5.41, 5.74) is 0. The molecular formula is C2H8NNa2O4P. The molecule has 0 saturated heterocycles. The van der Waals surface area contributed by atoms with Crippen LogP contribution in [0, 0.1) is 11.3 Å². The van der Waals surface area contributed by atoms with E-state index in [2.05, 4.69) is 0 Å². The fourth-order valence-corrected chi connectivity index (χ4v) is 0. The molecule has 3 N–H and O–H groups in total. The molecule has 0 aliphatic carbocycles. The van der Waals surface area contributed by atoms with Crippen molar-refractivity contribution >= 4 is 66.9 Å². The fraction of sp³-hybridized carbons (Fsp3) is 0.500. The first-order valence-electron chi connectivity index (χ1n) is 1.51. The molecule has 5 nitrogen and oxygen atoms in total. The third-order valence-corrected chi connectivity index (χ3v) is 0. The van der Waals surface area contributed by atoms with Crippen molar-refractivity contribution in [2.45, 2.75) is 6.92 Å². The van der Waals surface area contributed by atoms with Crippen LogP contribution in [0.4, 0.5) is 0 Å². The van der Waals surface area contributed by atoms with Crippen LogP contribution in [0.2, 0.25) is 0 Å². The summed E-state index contributed by atoms with van der Waals surface area (Å²) in [6.07, 6.45) is 0. The van der Waals surface area contributed by atoms with Gasteiger partial charge in [-0.25, -0.2) is 4.57 Å². The van der Waals surface area contributed by atoms with Gasteiger partial charge in [0.05, 0.1) is 6.07 Å².